The average molecular weight is 225 g/mol. The van der Waals surface area contributed by atoms with Crippen molar-refractivity contribution in [2.45, 2.75) is 42.6 Å². The van der Waals surface area contributed by atoms with Gasteiger partial charge in [0.15, 0.2) is 0 Å². The third-order valence-corrected chi connectivity index (χ3v) is 6.91. The molecule has 0 aromatic rings. The summed E-state index contributed by atoms with van der Waals surface area (Å²) in [5.41, 5.74) is -0.271. The topological polar surface area (TPSA) is 32.3 Å². The Balaban J connectivity index is 1.75. The highest BCUT2D eigenvalue weighted by Crippen LogP contribution is 2.63. The third kappa shape index (κ3) is 1.10. The van der Waals surface area contributed by atoms with Gasteiger partial charge in [0.2, 0.25) is 0 Å². The lowest BCUT2D eigenvalue weighted by atomic mass is 9.52. The Morgan fingerprint density at radius 2 is 1.87 bits per heavy atom. The molecule has 0 amide bonds. The second kappa shape index (κ2) is 2.74. The molecule has 0 radical (unpaired) electrons. The van der Waals surface area contributed by atoms with Gasteiger partial charge in [-0.25, -0.2) is 0 Å². The highest BCUT2D eigenvalue weighted by atomic mass is 32.2. The zero-order valence-electron chi connectivity index (χ0n) is 9.04. The van der Waals surface area contributed by atoms with Crippen molar-refractivity contribution in [2.75, 3.05) is 12.3 Å². The van der Waals surface area contributed by atoms with Gasteiger partial charge in [0.1, 0.15) is 0 Å². The van der Waals surface area contributed by atoms with E-state index in [1.807, 2.05) is 0 Å². The molecule has 4 bridgehead atoms. The molecule has 84 valence electrons. The highest BCUT2D eigenvalue weighted by molar-refractivity contribution is 8.00. The maximum absolute atomic E-state index is 10.5. The van der Waals surface area contributed by atoms with Gasteiger partial charge in [-0.1, -0.05) is 0 Å². The predicted octanol–water partition coefficient (Wildman–Crippen LogP) is 1.59. The SMILES string of the molecule is OC12CC3C[C@H](C1)C1(NCCS1)[C@H](C3)C2. The van der Waals surface area contributed by atoms with Gasteiger partial charge in [-0.2, -0.15) is 0 Å². The van der Waals surface area contributed by atoms with Crippen LogP contribution in [0, 0.1) is 17.8 Å². The molecule has 15 heavy (non-hydrogen) atoms. The Kier molecular flexibility index (Phi) is 1.70. The second-order valence-electron chi connectivity index (χ2n) is 6.14. The number of rotatable bonds is 0. The van der Waals surface area contributed by atoms with Crippen LogP contribution in [0.3, 0.4) is 0 Å². The molecule has 0 unspecified atom stereocenters. The summed E-state index contributed by atoms with van der Waals surface area (Å²) >= 11 is 2.16. The molecule has 5 fully saturated rings. The lowest BCUT2D eigenvalue weighted by molar-refractivity contribution is -0.145. The minimum atomic E-state index is -0.271. The van der Waals surface area contributed by atoms with Gasteiger partial charge < -0.3 is 10.4 Å². The number of nitrogens with one attached hydrogen (secondary N) is 1. The summed E-state index contributed by atoms with van der Waals surface area (Å²) < 4.78 is 0. The second-order valence-corrected chi connectivity index (χ2v) is 7.51. The summed E-state index contributed by atoms with van der Waals surface area (Å²) in [6.45, 7) is 1.18. The fourth-order valence-electron chi connectivity index (χ4n) is 4.97. The lowest BCUT2D eigenvalue weighted by Gasteiger charge is -2.62. The zero-order chi connectivity index (χ0) is 10.1. The quantitative estimate of drug-likeness (QED) is 0.656. The summed E-state index contributed by atoms with van der Waals surface area (Å²) in [6, 6.07) is 0. The maximum Gasteiger partial charge on any atom is 0.0705 e. The minimum Gasteiger partial charge on any atom is -0.390 e. The number of aliphatic hydroxyl groups is 1. The summed E-state index contributed by atoms with van der Waals surface area (Å²) in [5.74, 6) is 3.61. The molecule has 5 rings (SSSR count). The highest BCUT2D eigenvalue weighted by Gasteiger charge is 2.62. The van der Waals surface area contributed by atoms with Crippen molar-refractivity contribution in [1.82, 2.24) is 5.32 Å². The lowest BCUT2D eigenvalue weighted by Crippen LogP contribution is -2.65. The van der Waals surface area contributed by atoms with Crippen molar-refractivity contribution in [3.8, 4) is 0 Å². The van der Waals surface area contributed by atoms with Crippen molar-refractivity contribution >= 4 is 11.8 Å². The van der Waals surface area contributed by atoms with Crippen molar-refractivity contribution in [3.63, 3.8) is 0 Å². The molecule has 1 saturated heterocycles. The van der Waals surface area contributed by atoms with Gasteiger partial charge in [0.25, 0.3) is 0 Å². The van der Waals surface area contributed by atoms with Gasteiger partial charge in [-0.05, 0) is 49.9 Å². The molecule has 0 aromatic heterocycles. The van der Waals surface area contributed by atoms with Crippen LogP contribution in [0.1, 0.15) is 32.1 Å². The normalized spacial score (nSPS) is 61.8. The number of hydrogen-bond donors (Lipinski definition) is 2. The number of hydrogen-bond acceptors (Lipinski definition) is 3. The van der Waals surface area contributed by atoms with Crippen LogP contribution in [0.5, 0.6) is 0 Å². The van der Waals surface area contributed by atoms with Crippen molar-refractivity contribution < 1.29 is 5.11 Å². The molecule has 4 aliphatic carbocycles. The van der Waals surface area contributed by atoms with E-state index in [0.29, 0.717) is 4.87 Å². The van der Waals surface area contributed by atoms with E-state index >= 15 is 0 Å². The maximum atomic E-state index is 10.5. The first-order chi connectivity index (χ1) is 7.20. The molecule has 3 heteroatoms. The smallest absolute Gasteiger partial charge is 0.0705 e. The minimum absolute atomic E-state index is 0.271. The molecule has 2 atom stereocenters. The van der Waals surface area contributed by atoms with Crippen LogP contribution in [0.15, 0.2) is 0 Å². The summed E-state index contributed by atoms with van der Waals surface area (Å²) in [6.07, 6.45) is 5.98. The van der Waals surface area contributed by atoms with Crippen molar-refractivity contribution in [3.05, 3.63) is 0 Å². The predicted molar refractivity (Wildman–Crippen MR) is 61.7 cm³/mol. The van der Waals surface area contributed by atoms with E-state index in [-0.39, 0.29) is 5.60 Å². The molecule has 5 aliphatic rings. The van der Waals surface area contributed by atoms with Crippen LogP contribution in [-0.4, -0.2) is 27.9 Å². The first-order valence-corrected chi connectivity index (χ1v) is 7.30. The fourth-order valence-corrected chi connectivity index (χ4v) is 6.54. The summed E-state index contributed by atoms with van der Waals surface area (Å²) in [7, 11) is 0. The van der Waals surface area contributed by atoms with Gasteiger partial charge in [-0.3, -0.25) is 0 Å². The molecule has 1 heterocycles. The zero-order valence-corrected chi connectivity index (χ0v) is 9.85. The van der Waals surface area contributed by atoms with Crippen LogP contribution in [0.25, 0.3) is 0 Å². The van der Waals surface area contributed by atoms with E-state index < -0.39 is 0 Å². The average Bonchev–Trinajstić information content (AvgIpc) is 2.61. The van der Waals surface area contributed by atoms with Crippen LogP contribution in [-0.2, 0) is 0 Å². The van der Waals surface area contributed by atoms with E-state index in [1.165, 1.54) is 25.1 Å². The third-order valence-electron chi connectivity index (χ3n) is 5.21. The molecule has 2 N–H and O–H groups in total. The Labute approximate surface area is 95.2 Å². The first kappa shape index (κ1) is 9.32. The summed E-state index contributed by atoms with van der Waals surface area (Å²) in [5, 5.41) is 14.3. The molecule has 1 aliphatic heterocycles. The summed E-state index contributed by atoms with van der Waals surface area (Å²) in [4.78, 5) is 0.378. The molecule has 1 spiro atoms. The Morgan fingerprint density at radius 3 is 2.40 bits per heavy atom. The van der Waals surface area contributed by atoms with Crippen LogP contribution in [0.2, 0.25) is 0 Å². The van der Waals surface area contributed by atoms with Crippen LogP contribution in [0.4, 0.5) is 0 Å². The molecular weight excluding hydrogens is 206 g/mol. The molecule has 4 saturated carbocycles. The largest absolute Gasteiger partial charge is 0.390 e. The first-order valence-electron chi connectivity index (χ1n) is 6.32. The van der Waals surface area contributed by atoms with Gasteiger partial charge >= 0.3 is 0 Å². The van der Waals surface area contributed by atoms with E-state index in [2.05, 4.69) is 17.1 Å². The van der Waals surface area contributed by atoms with Gasteiger partial charge in [0, 0.05) is 12.3 Å². The van der Waals surface area contributed by atoms with Gasteiger partial charge in [0.05, 0.1) is 10.5 Å². The molecule has 0 aromatic carbocycles. The fraction of sp³-hybridized carbons (Fsp3) is 1.00. The number of thioether (sulfide) groups is 1. The van der Waals surface area contributed by atoms with E-state index in [4.69, 9.17) is 0 Å². The van der Waals surface area contributed by atoms with E-state index in [9.17, 15) is 5.11 Å². The molecule has 2 nitrogen and oxygen atoms in total. The standard InChI is InChI=1S/C12H19NOS/c14-11-5-8-3-9(6-11)12(10(4-8)7-11)13-1-2-15-12/h8-10,13-14H,1-7H2/t8?,9-,10-,11?,12?/m1/s1. The van der Waals surface area contributed by atoms with Crippen LogP contribution < -0.4 is 5.32 Å². The monoisotopic (exact) mass is 225 g/mol. The van der Waals surface area contributed by atoms with E-state index in [1.54, 1.807) is 0 Å². The Morgan fingerprint density at radius 1 is 1.13 bits per heavy atom. The van der Waals surface area contributed by atoms with Crippen LogP contribution >= 0.6 is 11.8 Å². The molecular formula is C12H19NOS. The Hall–Kier alpha value is 0.270. The van der Waals surface area contributed by atoms with Crippen molar-refractivity contribution in [2.24, 2.45) is 17.8 Å². The van der Waals surface area contributed by atoms with E-state index in [0.717, 1.165) is 37.0 Å². The van der Waals surface area contributed by atoms with Gasteiger partial charge in [-0.15, -0.1) is 11.8 Å². The Bertz CT molecular complexity index is 282. The van der Waals surface area contributed by atoms with Crippen molar-refractivity contribution in [1.29, 1.82) is 0 Å².